The Kier molecular flexibility index (Phi) is 5.71. The van der Waals surface area contributed by atoms with Gasteiger partial charge in [0, 0.05) is 31.2 Å². The molecule has 122 valence electrons. The first kappa shape index (κ1) is 17.0. The molecule has 0 saturated carbocycles. The van der Waals surface area contributed by atoms with Gasteiger partial charge in [-0.3, -0.25) is 9.78 Å². The van der Waals surface area contributed by atoms with Crippen LogP contribution in [0.5, 0.6) is 0 Å². The first-order valence-electron chi connectivity index (χ1n) is 7.68. The molecule has 2 rings (SSSR count). The lowest BCUT2D eigenvalue weighted by atomic mass is 10.1. The summed E-state index contributed by atoms with van der Waals surface area (Å²) in [6.07, 6.45) is 3.31. The molecular weight excluding hydrogens is 288 g/mol. The molecule has 0 aliphatic heterocycles. The Morgan fingerprint density at radius 3 is 2.74 bits per heavy atom. The summed E-state index contributed by atoms with van der Waals surface area (Å²) in [5, 5.41) is 6.23. The summed E-state index contributed by atoms with van der Waals surface area (Å²) in [6.45, 7) is 5.75. The van der Waals surface area contributed by atoms with Crippen molar-refractivity contribution in [3.05, 3.63) is 53.3 Å². The summed E-state index contributed by atoms with van der Waals surface area (Å²) in [4.78, 5) is 18.7. The molecule has 0 aliphatic carbocycles. The molecule has 2 aromatic rings. The summed E-state index contributed by atoms with van der Waals surface area (Å²) in [5.41, 5.74) is 4.45. The van der Waals surface area contributed by atoms with E-state index in [9.17, 15) is 4.79 Å². The minimum absolute atomic E-state index is 0.151. The van der Waals surface area contributed by atoms with Gasteiger partial charge in [0.25, 0.3) is 5.91 Å². The van der Waals surface area contributed by atoms with Crippen molar-refractivity contribution in [2.24, 2.45) is 0 Å². The van der Waals surface area contributed by atoms with Crippen molar-refractivity contribution in [2.45, 2.75) is 13.8 Å². The first-order valence-corrected chi connectivity index (χ1v) is 7.68. The molecule has 5 nitrogen and oxygen atoms in total. The minimum Gasteiger partial charge on any atom is -0.382 e. The molecule has 0 atom stereocenters. The van der Waals surface area contributed by atoms with Crippen molar-refractivity contribution in [3.8, 4) is 0 Å². The maximum Gasteiger partial charge on any atom is 0.257 e. The number of hydrogen-bond donors (Lipinski definition) is 2. The third kappa shape index (κ3) is 4.79. The second-order valence-electron chi connectivity index (χ2n) is 5.89. The maximum atomic E-state index is 12.4. The first-order chi connectivity index (χ1) is 11.0. The number of hydrogen-bond acceptors (Lipinski definition) is 4. The Morgan fingerprint density at radius 1 is 1.22 bits per heavy atom. The van der Waals surface area contributed by atoms with Crippen LogP contribution in [0, 0.1) is 13.8 Å². The van der Waals surface area contributed by atoms with Crippen molar-refractivity contribution in [1.29, 1.82) is 0 Å². The Morgan fingerprint density at radius 2 is 2.00 bits per heavy atom. The molecule has 0 radical (unpaired) electrons. The maximum absolute atomic E-state index is 12.4. The average molecular weight is 312 g/mol. The van der Waals surface area contributed by atoms with Gasteiger partial charge in [0.05, 0.1) is 11.3 Å². The topological polar surface area (TPSA) is 57.3 Å². The second kappa shape index (κ2) is 7.74. The quantitative estimate of drug-likeness (QED) is 0.861. The molecule has 1 heterocycles. The highest BCUT2D eigenvalue weighted by Gasteiger charge is 2.09. The highest BCUT2D eigenvalue weighted by molar-refractivity contribution is 6.05. The van der Waals surface area contributed by atoms with Crippen LogP contribution in [0.3, 0.4) is 0 Å². The van der Waals surface area contributed by atoms with Gasteiger partial charge in [-0.1, -0.05) is 12.1 Å². The van der Waals surface area contributed by atoms with E-state index in [4.69, 9.17) is 0 Å². The van der Waals surface area contributed by atoms with E-state index in [2.05, 4.69) is 20.5 Å². The summed E-state index contributed by atoms with van der Waals surface area (Å²) < 4.78 is 0. The van der Waals surface area contributed by atoms with Crippen LogP contribution in [0.2, 0.25) is 0 Å². The van der Waals surface area contributed by atoms with Crippen LogP contribution in [0.15, 0.2) is 36.7 Å². The third-order valence-corrected chi connectivity index (χ3v) is 3.74. The fourth-order valence-electron chi connectivity index (χ4n) is 2.17. The molecule has 1 aromatic carbocycles. The van der Waals surface area contributed by atoms with E-state index < -0.39 is 0 Å². The largest absolute Gasteiger partial charge is 0.382 e. The van der Waals surface area contributed by atoms with Gasteiger partial charge in [-0.05, 0) is 51.2 Å². The van der Waals surface area contributed by atoms with E-state index in [1.54, 1.807) is 12.4 Å². The number of aryl methyl sites for hydroxylation is 1. The lowest BCUT2D eigenvalue weighted by molar-refractivity contribution is 0.102. The number of anilines is 2. The van der Waals surface area contributed by atoms with Gasteiger partial charge < -0.3 is 15.5 Å². The van der Waals surface area contributed by atoms with Crippen molar-refractivity contribution in [2.75, 3.05) is 37.8 Å². The van der Waals surface area contributed by atoms with E-state index in [0.717, 1.165) is 35.6 Å². The van der Waals surface area contributed by atoms with Crippen LogP contribution in [-0.2, 0) is 0 Å². The number of likely N-dealkylation sites (N-methyl/N-ethyl adjacent to an activating group) is 1. The van der Waals surface area contributed by atoms with Crippen LogP contribution < -0.4 is 10.6 Å². The van der Waals surface area contributed by atoms with Gasteiger partial charge in [0.1, 0.15) is 0 Å². The van der Waals surface area contributed by atoms with Crippen LogP contribution in [0.4, 0.5) is 11.4 Å². The monoisotopic (exact) mass is 312 g/mol. The number of pyridine rings is 1. The molecule has 0 unspecified atom stereocenters. The zero-order valence-electron chi connectivity index (χ0n) is 14.2. The Balaban J connectivity index is 2.06. The van der Waals surface area contributed by atoms with Gasteiger partial charge in [-0.2, -0.15) is 0 Å². The van der Waals surface area contributed by atoms with Gasteiger partial charge in [-0.15, -0.1) is 0 Å². The molecule has 0 saturated heterocycles. The zero-order chi connectivity index (χ0) is 16.8. The summed E-state index contributed by atoms with van der Waals surface area (Å²) in [7, 11) is 4.04. The number of carbonyl (C=O) groups excluding carboxylic acids is 1. The molecule has 0 aliphatic rings. The van der Waals surface area contributed by atoms with Gasteiger partial charge in [0.2, 0.25) is 0 Å². The van der Waals surface area contributed by atoms with Crippen molar-refractivity contribution in [1.82, 2.24) is 9.88 Å². The van der Waals surface area contributed by atoms with E-state index in [1.807, 2.05) is 52.2 Å². The Labute approximate surface area is 137 Å². The smallest absolute Gasteiger partial charge is 0.257 e. The lowest BCUT2D eigenvalue weighted by Crippen LogP contribution is -2.21. The van der Waals surface area contributed by atoms with Crippen molar-refractivity contribution >= 4 is 17.3 Å². The van der Waals surface area contributed by atoms with E-state index in [0.29, 0.717) is 5.56 Å². The summed E-state index contributed by atoms with van der Waals surface area (Å²) >= 11 is 0. The van der Waals surface area contributed by atoms with Gasteiger partial charge in [0.15, 0.2) is 0 Å². The van der Waals surface area contributed by atoms with Crippen LogP contribution in [-0.4, -0.2) is 43.0 Å². The Bertz CT molecular complexity index is 682. The second-order valence-corrected chi connectivity index (χ2v) is 5.89. The number of nitrogens with one attached hydrogen (secondary N) is 2. The van der Waals surface area contributed by atoms with Crippen molar-refractivity contribution in [3.63, 3.8) is 0 Å². The number of nitrogens with zero attached hydrogens (tertiary/aromatic N) is 2. The average Bonchev–Trinajstić information content (AvgIpc) is 2.52. The van der Waals surface area contributed by atoms with E-state index in [-0.39, 0.29) is 5.91 Å². The van der Waals surface area contributed by atoms with Crippen LogP contribution in [0.25, 0.3) is 0 Å². The molecule has 0 fully saturated rings. The van der Waals surface area contributed by atoms with Crippen LogP contribution >= 0.6 is 0 Å². The standard InChI is InChI=1S/C18H24N4O/c1-13-6-5-7-17(14(13)2)21-18(23)15-10-16(12-19-11-15)20-8-9-22(3)4/h5-7,10-12,20H,8-9H2,1-4H3,(H,21,23). The number of aromatic nitrogens is 1. The molecule has 5 heteroatoms. The number of rotatable bonds is 6. The highest BCUT2D eigenvalue weighted by atomic mass is 16.1. The van der Waals surface area contributed by atoms with Gasteiger partial charge >= 0.3 is 0 Å². The minimum atomic E-state index is -0.151. The van der Waals surface area contributed by atoms with E-state index in [1.165, 1.54) is 0 Å². The predicted octanol–water partition coefficient (Wildman–Crippen LogP) is 2.92. The normalized spacial score (nSPS) is 10.7. The summed E-state index contributed by atoms with van der Waals surface area (Å²) in [5.74, 6) is -0.151. The molecule has 23 heavy (non-hydrogen) atoms. The van der Waals surface area contributed by atoms with Crippen molar-refractivity contribution < 1.29 is 4.79 Å². The van der Waals surface area contributed by atoms with Crippen LogP contribution in [0.1, 0.15) is 21.5 Å². The summed E-state index contributed by atoms with van der Waals surface area (Å²) in [6, 6.07) is 7.70. The number of benzene rings is 1. The molecular formula is C18H24N4O. The predicted molar refractivity (Wildman–Crippen MR) is 95.1 cm³/mol. The lowest BCUT2D eigenvalue weighted by Gasteiger charge is -2.13. The molecule has 1 amide bonds. The number of carbonyl (C=O) groups is 1. The van der Waals surface area contributed by atoms with Gasteiger partial charge in [-0.25, -0.2) is 0 Å². The molecule has 0 bridgehead atoms. The fraction of sp³-hybridized carbons (Fsp3) is 0.333. The Hall–Kier alpha value is -2.40. The highest BCUT2D eigenvalue weighted by Crippen LogP contribution is 2.19. The molecule has 1 aromatic heterocycles. The van der Waals surface area contributed by atoms with E-state index >= 15 is 0 Å². The zero-order valence-corrected chi connectivity index (χ0v) is 14.2. The fourth-order valence-corrected chi connectivity index (χ4v) is 2.17. The number of amides is 1. The SMILES string of the molecule is Cc1cccc(NC(=O)c2cncc(NCCN(C)C)c2)c1C. The third-order valence-electron chi connectivity index (χ3n) is 3.74. The molecule has 0 spiro atoms. The molecule has 2 N–H and O–H groups in total.